The van der Waals surface area contributed by atoms with Crippen LogP contribution < -0.4 is 5.73 Å². The molecule has 1 aliphatic heterocycles. The van der Waals surface area contributed by atoms with E-state index in [-0.39, 0.29) is 11.7 Å². The van der Waals surface area contributed by atoms with Crippen LogP contribution in [-0.2, 0) is 19.4 Å². The van der Waals surface area contributed by atoms with Gasteiger partial charge in [0.05, 0.1) is 21.8 Å². The van der Waals surface area contributed by atoms with Crippen LogP contribution in [0.5, 0.6) is 0 Å². The first-order valence-electron chi connectivity index (χ1n) is 9.37. The van der Waals surface area contributed by atoms with Crippen LogP contribution in [0.4, 0.5) is 0 Å². The second-order valence-corrected chi connectivity index (χ2v) is 9.16. The van der Waals surface area contributed by atoms with Crippen molar-refractivity contribution in [3.63, 3.8) is 0 Å². The zero-order chi connectivity index (χ0) is 19.7. The number of nitrogens with two attached hydrogens (primary N) is 1. The highest BCUT2D eigenvalue weighted by Crippen LogP contribution is 2.39. The Hall–Kier alpha value is -1.66. The third-order valence-corrected chi connectivity index (χ3v) is 6.92. The van der Waals surface area contributed by atoms with Gasteiger partial charge in [0.15, 0.2) is 5.78 Å². The number of benzene rings is 1. The normalized spacial score (nSPS) is 14.2. The van der Waals surface area contributed by atoms with Crippen molar-refractivity contribution >= 4 is 40.3 Å². The molecule has 3 heterocycles. The topological polar surface area (TPSA) is 60.9 Å². The summed E-state index contributed by atoms with van der Waals surface area (Å²) in [5.74, 6) is 0.245. The van der Waals surface area contributed by atoms with Crippen molar-refractivity contribution in [1.29, 1.82) is 0 Å². The summed E-state index contributed by atoms with van der Waals surface area (Å²) < 4.78 is 1.94. The first kappa shape index (κ1) is 19.6. The molecule has 0 saturated carbocycles. The summed E-state index contributed by atoms with van der Waals surface area (Å²) in [6.07, 6.45) is 4.82. The van der Waals surface area contributed by atoms with E-state index in [1.807, 2.05) is 35.0 Å². The molecule has 3 aromatic rings. The summed E-state index contributed by atoms with van der Waals surface area (Å²) in [6.45, 7) is 1.32. The molecule has 0 radical (unpaired) electrons. The molecule has 0 aliphatic carbocycles. The minimum Gasteiger partial charge on any atom is -0.330 e. The molecule has 2 aromatic heterocycles. The highest BCUT2D eigenvalue weighted by molar-refractivity contribution is 7.14. The Morgan fingerprint density at radius 3 is 2.82 bits per heavy atom. The predicted molar refractivity (Wildman–Crippen MR) is 116 cm³/mol. The molecule has 4 nitrogen and oxygen atoms in total. The van der Waals surface area contributed by atoms with Gasteiger partial charge in [-0.05, 0) is 55.5 Å². The van der Waals surface area contributed by atoms with E-state index in [1.165, 1.54) is 4.88 Å². The fourth-order valence-corrected chi connectivity index (χ4v) is 5.22. The number of hydrogen-bond donors (Lipinski definition) is 1. The third kappa shape index (κ3) is 4.03. The monoisotopic (exact) mass is 433 g/mol. The van der Waals surface area contributed by atoms with Crippen LogP contribution in [0.3, 0.4) is 0 Å². The smallest absolute Gasteiger partial charge is 0.173 e. The molecule has 4 rings (SSSR count). The number of carbonyl (C=O) groups is 1. The van der Waals surface area contributed by atoms with E-state index in [9.17, 15) is 4.79 Å². The van der Waals surface area contributed by atoms with Gasteiger partial charge in [0.1, 0.15) is 0 Å². The maximum Gasteiger partial charge on any atom is 0.173 e. The third-order valence-electron chi connectivity index (χ3n) is 5.15. The van der Waals surface area contributed by atoms with Gasteiger partial charge in [-0.2, -0.15) is 5.10 Å². The fraction of sp³-hybridized carbons (Fsp3) is 0.333. The van der Waals surface area contributed by atoms with Gasteiger partial charge in [0.2, 0.25) is 0 Å². The number of rotatable bonds is 6. The van der Waals surface area contributed by atoms with Crippen molar-refractivity contribution in [2.75, 3.05) is 6.54 Å². The molecule has 1 atom stereocenters. The molecule has 2 N–H and O–H groups in total. The van der Waals surface area contributed by atoms with E-state index in [1.54, 1.807) is 17.5 Å². The lowest BCUT2D eigenvalue weighted by molar-refractivity contribution is 0.0966. The predicted octanol–water partition coefficient (Wildman–Crippen LogP) is 5.26. The Morgan fingerprint density at radius 2 is 2.07 bits per heavy atom. The highest BCUT2D eigenvalue weighted by atomic mass is 35.5. The van der Waals surface area contributed by atoms with E-state index in [2.05, 4.69) is 5.10 Å². The van der Waals surface area contributed by atoms with Gasteiger partial charge in [-0.1, -0.05) is 35.3 Å². The average Bonchev–Trinajstić information content (AvgIpc) is 3.22. The zero-order valence-electron chi connectivity index (χ0n) is 15.3. The van der Waals surface area contributed by atoms with E-state index in [0.29, 0.717) is 23.0 Å². The number of aryl methyl sites for hydroxylation is 2. The maximum absolute atomic E-state index is 13.0. The Bertz CT molecular complexity index is 994. The molecule has 146 valence electrons. The first-order valence-corrected chi connectivity index (χ1v) is 10.9. The number of nitrogens with zero attached hydrogens (tertiary/aromatic N) is 2. The molecule has 0 fully saturated rings. The quantitative estimate of drug-likeness (QED) is 0.539. The van der Waals surface area contributed by atoms with Crippen LogP contribution in [-0.4, -0.2) is 22.1 Å². The zero-order valence-corrected chi connectivity index (χ0v) is 17.7. The number of thiophene rings is 1. The Kier molecular flexibility index (Phi) is 5.88. The van der Waals surface area contributed by atoms with Crippen molar-refractivity contribution in [2.24, 2.45) is 11.7 Å². The largest absolute Gasteiger partial charge is 0.330 e. The number of halogens is 2. The lowest BCUT2D eigenvalue weighted by atomic mass is 9.94. The summed E-state index contributed by atoms with van der Waals surface area (Å²) in [5, 5.41) is 5.71. The van der Waals surface area contributed by atoms with Gasteiger partial charge in [0, 0.05) is 28.4 Å². The van der Waals surface area contributed by atoms with Crippen LogP contribution >= 0.6 is 34.5 Å². The Morgan fingerprint density at radius 1 is 1.29 bits per heavy atom. The summed E-state index contributed by atoms with van der Waals surface area (Å²) in [4.78, 5) is 15.0. The van der Waals surface area contributed by atoms with Gasteiger partial charge in [-0.15, -0.1) is 11.3 Å². The number of fused-ring (bicyclic) bond motifs is 3. The molecule has 1 aromatic carbocycles. The van der Waals surface area contributed by atoms with E-state index >= 15 is 0 Å². The second-order valence-electron chi connectivity index (χ2n) is 7.17. The molecule has 1 aliphatic rings. The lowest BCUT2D eigenvalue weighted by Gasteiger charge is -2.13. The molecule has 0 bridgehead atoms. The SMILES string of the molecule is NCC(CC(=O)c1cc2c(s1)CCCn1ncc(Cl)c1-2)Cc1ccc(Cl)cc1. The van der Waals surface area contributed by atoms with E-state index < -0.39 is 0 Å². The van der Waals surface area contributed by atoms with Crippen molar-refractivity contribution in [1.82, 2.24) is 9.78 Å². The van der Waals surface area contributed by atoms with Gasteiger partial charge < -0.3 is 5.73 Å². The van der Waals surface area contributed by atoms with Crippen molar-refractivity contribution < 1.29 is 4.79 Å². The molecule has 7 heteroatoms. The van der Waals surface area contributed by atoms with Crippen molar-refractivity contribution in [3.8, 4) is 11.3 Å². The van der Waals surface area contributed by atoms with E-state index in [0.717, 1.165) is 47.5 Å². The van der Waals surface area contributed by atoms with Crippen LogP contribution in [0.1, 0.15) is 33.0 Å². The minimum atomic E-state index is 0.102. The second kappa shape index (κ2) is 8.37. The number of ketones is 1. The summed E-state index contributed by atoms with van der Waals surface area (Å²) >= 11 is 13.9. The van der Waals surface area contributed by atoms with Gasteiger partial charge in [-0.3, -0.25) is 9.48 Å². The number of Topliss-reactive ketones (excluding diaryl/α,β-unsaturated/α-hetero) is 1. The molecule has 0 amide bonds. The summed E-state index contributed by atoms with van der Waals surface area (Å²) in [5.41, 5.74) is 9.09. The Labute approximate surface area is 178 Å². The molecular formula is C21H21Cl2N3OS. The van der Waals surface area contributed by atoms with Gasteiger partial charge >= 0.3 is 0 Å². The molecule has 1 unspecified atom stereocenters. The number of aromatic nitrogens is 2. The first-order chi connectivity index (χ1) is 13.5. The minimum absolute atomic E-state index is 0.102. The number of carbonyl (C=O) groups excluding carboxylic acids is 1. The van der Waals surface area contributed by atoms with Crippen molar-refractivity contribution in [2.45, 2.75) is 32.2 Å². The molecule has 28 heavy (non-hydrogen) atoms. The van der Waals surface area contributed by atoms with Gasteiger partial charge in [0.25, 0.3) is 0 Å². The van der Waals surface area contributed by atoms with Crippen LogP contribution in [0, 0.1) is 5.92 Å². The summed E-state index contributed by atoms with van der Waals surface area (Å²) in [6, 6.07) is 9.71. The lowest BCUT2D eigenvalue weighted by Crippen LogP contribution is -2.20. The van der Waals surface area contributed by atoms with Crippen LogP contribution in [0.2, 0.25) is 10.0 Å². The molecule has 0 saturated heterocycles. The Balaban J connectivity index is 1.53. The molecule has 0 spiro atoms. The fourth-order valence-electron chi connectivity index (χ4n) is 3.70. The van der Waals surface area contributed by atoms with Crippen LogP contribution in [0.15, 0.2) is 36.5 Å². The van der Waals surface area contributed by atoms with Crippen LogP contribution in [0.25, 0.3) is 11.3 Å². The average molecular weight is 434 g/mol. The standard InChI is InChI=1S/C21H21Cl2N3OS/c22-15-5-3-13(4-6-15)8-14(11-24)9-18(27)20-10-16-19(28-20)2-1-7-26-21(16)17(23)12-25-26/h3-6,10,12,14H,1-2,7-9,11,24H2. The number of hydrogen-bond acceptors (Lipinski definition) is 4. The molecular weight excluding hydrogens is 413 g/mol. The summed E-state index contributed by atoms with van der Waals surface area (Å²) in [7, 11) is 0. The van der Waals surface area contributed by atoms with E-state index in [4.69, 9.17) is 28.9 Å². The maximum atomic E-state index is 13.0. The van der Waals surface area contributed by atoms with Gasteiger partial charge in [-0.25, -0.2) is 0 Å². The van der Waals surface area contributed by atoms with Crippen molar-refractivity contribution in [3.05, 3.63) is 61.9 Å². The highest BCUT2D eigenvalue weighted by Gasteiger charge is 2.24.